The second-order valence-electron chi connectivity index (χ2n) is 8.09. The number of amides is 1. The molecule has 1 amide bonds. The molecule has 1 N–H and O–H groups in total. The van der Waals surface area contributed by atoms with Crippen molar-refractivity contribution in [2.24, 2.45) is 0 Å². The molecule has 176 valence electrons. The van der Waals surface area contributed by atoms with E-state index in [1.807, 2.05) is 32.9 Å². The summed E-state index contributed by atoms with van der Waals surface area (Å²) in [6, 6.07) is 10.4. The minimum Gasteiger partial charge on any atom is -0.496 e. The van der Waals surface area contributed by atoms with Crippen LogP contribution in [0.4, 0.5) is 5.69 Å². The number of nitrogens with zero attached hydrogens (tertiary/aromatic N) is 1. The molecule has 0 saturated heterocycles. The number of aryl methyl sites for hydroxylation is 1. The fourth-order valence-electron chi connectivity index (χ4n) is 3.60. The first-order valence-electron chi connectivity index (χ1n) is 10.7. The third-order valence-corrected chi connectivity index (χ3v) is 6.33. The summed E-state index contributed by atoms with van der Waals surface area (Å²) in [5.74, 6) is 1.22. The van der Waals surface area contributed by atoms with Crippen molar-refractivity contribution >= 4 is 21.6 Å². The highest BCUT2D eigenvalue weighted by atomic mass is 32.2. The van der Waals surface area contributed by atoms with Gasteiger partial charge in [0.05, 0.1) is 31.7 Å². The lowest BCUT2D eigenvalue weighted by Crippen LogP contribution is -2.41. The highest BCUT2D eigenvalue weighted by molar-refractivity contribution is 7.92. The van der Waals surface area contributed by atoms with Gasteiger partial charge in [0.15, 0.2) is 0 Å². The molecule has 2 rings (SSSR count). The van der Waals surface area contributed by atoms with Gasteiger partial charge in [-0.1, -0.05) is 19.9 Å². The van der Waals surface area contributed by atoms with E-state index in [9.17, 15) is 13.2 Å². The van der Waals surface area contributed by atoms with E-state index in [-0.39, 0.29) is 18.5 Å². The van der Waals surface area contributed by atoms with Gasteiger partial charge in [-0.3, -0.25) is 9.10 Å². The van der Waals surface area contributed by atoms with Crippen LogP contribution >= 0.6 is 0 Å². The van der Waals surface area contributed by atoms with Crippen LogP contribution in [-0.2, 0) is 14.8 Å². The van der Waals surface area contributed by atoms with Gasteiger partial charge >= 0.3 is 0 Å². The van der Waals surface area contributed by atoms with Crippen molar-refractivity contribution in [2.75, 3.05) is 30.8 Å². The van der Waals surface area contributed by atoms with Gasteiger partial charge < -0.3 is 14.8 Å². The predicted octanol–water partition coefficient (Wildman–Crippen LogP) is 4.17. The van der Waals surface area contributed by atoms with E-state index in [2.05, 4.69) is 19.2 Å². The molecule has 8 heteroatoms. The molecule has 0 aliphatic carbocycles. The van der Waals surface area contributed by atoms with Gasteiger partial charge in [0.25, 0.3) is 0 Å². The Hall–Kier alpha value is -2.74. The Labute approximate surface area is 191 Å². The number of sulfonamides is 1. The average Bonchev–Trinajstić information content (AvgIpc) is 2.71. The molecular formula is C24H34N2O5S. The average molecular weight is 463 g/mol. The van der Waals surface area contributed by atoms with Crippen LogP contribution in [0.2, 0.25) is 0 Å². The predicted molar refractivity (Wildman–Crippen MR) is 128 cm³/mol. The summed E-state index contributed by atoms with van der Waals surface area (Å²) < 4.78 is 36.9. The van der Waals surface area contributed by atoms with Crippen LogP contribution < -0.4 is 19.1 Å². The van der Waals surface area contributed by atoms with E-state index < -0.39 is 15.9 Å². The first-order valence-corrected chi connectivity index (χ1v) is 12.5. The smallest absolute Gasteiger partial charge is 0.241 e. The zero-order valence-electron chi connectivity index (χ0n) is 19.9. The Morgan fingerprint density at radius 3 is 2.38 bits per heavy atom. The van der Waals surface area contributed by atoms with Crippen LogP contribution in [0.1, 0.15) is 56.3 Å². The minimum absolute atomic E-state index is 0.255. The molecule has 1 atom stereocenters. The van der Waals surface area contributed by atoms with Crippen molar-refractivity contribution in [3.8, 4) is 11.5 Å². The van der Waals surface area contributed by atoms with Crippen molar-refractivity contribution in [2.45, 2.75) is 46.6 Å². The number of carbonyl (C=O) groups is 1. The van der Waals surface area contributed by atoms with E-state index >= 15 is 0 Å². The number of carbonyl (C=O) groups excluding carboxylic acids is 1. The molecule has 0 spiro atoms. The fourth-order valence-corrected chi connectivity index (χ4v) is 4.45. The number of anilines is 1. The molecule has 0 aromatic heterocycles. The summed E-state index contributed by atoms with van der Waals surface area (Å²) in [4.78, 5) is 12.8. The summed E-state index contributed by atoms with van der Waals surface area (Å²) >= 11 is 0. The van der Waals surface area contributed by atoms with Gasteiger partial charge in [-0.05, 0) is 67.6 Å². The Kier molecular flexibility index (Phi) is 8.55. The van der Waals surface area contributed by atoms with Gasteiger partial charge in [-0.25, -0.2) is 8.42 Å². The number of benzene rings is 2. The first-order chi connectivity index (χ1) is 15.0. The second kappa shape index (κ2) is 10.7. The monoisotopic (exact) mass is 462 g/mol. The van der Waals surface area contributed by atoms with E-state index in [0.29, 0.717) is 18.0 Å². The quantitative estimate of drug-likeness (QED) is 0.573. The standard InChI is InChI=1S/C24H34N2O5S/c1-8-31-20-11-9-10-19(13-20)26(32(7,28)29)15-24(27)25-18(5)22-14-21(16(2)3)23(30-6)12-17(22)4/h9-14,16,18H,8,15H2,1-7H3,(H,25,27). The Bertz CT molecular complexity index is 1050. The third kappa shape index (κ3) is 6.38. The molecular weight excluding hydrogens is 428 g/mol. The lowest BCUT2D eigenvalue weighted by atomic mass is 9.93. The summed E-state index contributed by atoms with van der Waals surface area (Å²) in [7, 11) is -2.04. The van der Waals surface area contributed by atoms with Crippen LogP contribution in [0, 0.1) is 6.92 Å². The van der Waals surface area contributed by atoms with Crippen LogP contribution in [0.3, 0.4) is 0 Å². The molecule has 2 aromatic carbocycles. The van der Waals surface area contributed by atoms with E-state index in [4.69, 9.17) is 9.47 Å². The maximum absolute atomic E-state index is 12.8. The van der Waals surface area contributed by atoms with Crippen LogP contribution in [-0.4, -0.2) is 40.8 Å². The molecule has 7 nitrogen and oxygen atoms in total. The Morgan fingerprint density at radius 2 is 1.81 bits per heavy atom. The number of methoxy groups -OCH3 is 1. The van der Waals surface area contributed by atoms with E-state index in [1.165, 1.54) is 0 Å². The van der Waals surface area contributed by atoms with Crippen molar-refractivity contribution in [1.29, 1.82) is 0 Å². The van der Waals surface area contributed by atoms with Gasteiger partial charge in [-0.15, -0.1) is 0 Å². The molecule has 0 heterocycles. The minimum atomic E-state index is -3.68. The zero-order chi connectivity index (χ0) is 24.1. The summed E-state index contributed by atoms with van der Waals surface area (Å²) in [6.45, 7) is 10.00. The van der Waals surface area contributed by atoms with Crippen molar-refractivity contribution < 1.29 is 22.7 Å². The largest absolute Gasteiger partial charge is 0.496 e. The molecule has 0 aliphatic heterocycles. The maximum Gasteiger partial charge on any atom is 0.241 e. The van der Waals surface area contributed by atoms with E-state index in [1.54, 1.807) is 31.4 Å². The highest BCUT2D eigenvalue weighted by Gasteiger charge is 2.23. The molecule has 32 heavy (non-hydrogen) atoms. The lowest BCUT2D eigenvalue weighted by molar-refractivity contribution is -0.120. The number of rotatable bonds is 10. The molecule has 1 unspecified atom stereocenters. The number of nitrogens with one attached hydrogen (secondary N) is 1. The topological polar surface area (TPSA) is 84.9 Å². The van der Waals surface area contributed by atoms with Crippen LogP contribution in [0.15, 0.2) is 36.4 Å². The highest BCUT2D eigenvalue weighted by Crippen LogP contribution is 2.32. The lowest BCUT2D eigenvalue weighted by Gasteiger charge is -2.25. The number of hydrogen-bond acceptors (Lipinski definition) is 5. The van der Waals surface area contributed by atoms with Crippen molar-refractivity contribution in [3.05, 3.63) is 53.1 Å². The zero-order valence-corrected chi connectivity index (χ0v) is 20.7. The van der Waals surface area contributed by atoms with Crippen LogP contribution in [0.5, 0.6) is 11.5 Å². The molecule has 2 aromatic rings. The maximum atomic E-state index is 12.8. The SMILES string of the molecule is CCOc1cccc(N(CC(=O)NC(C)c2cc(C(C)C)c(OC)cc2C)S(C)(=O)=O)c1. The summed E-state index contributed by atoms with van der Waals surface area (Å²) in [6.07, 6.45) is 1.08. The molecule has 0 saturated carbocycles. The number of ether oxygens (including phenoxy) is 2. The van der Waals surface area contributed by atoms with Gasteiger partial charge in [0.1, 0.15) is 18.0 Å². The van der Waals surface area contributed by atoms with Crippen molar-refractivity contribution in [3.63, 3.8) is 0 Å². The summed E-state index contributed by atoms with van der Waals surface area (Å²) in [5, 5.41) is 2.94. The Balaban J connectivity index is 2.25. The van der Waals surface area contributed by atoms with Crippen molar-refractivity contribution in [1.82, 2.24) is 5.32 Å². The fraction of sp³-hybridized carbons (Fsp3) is 0.458. The number of hydrogen-bond donors (Lipinski definition) is 1. The molecule has 0 radical (unpaired) electrons. The molecule has 0 bridgehead atoms. The summed E-state index contributed by atoms with van der Waals surface area (Å²) in [5.41, 5.74) is 3.39. The Morgan fingerprint density at radius 1 is 1.12 bits per heavy atom. The van der Waals surface area contributed by atoms with Gasteiger partial charge in [0.2, 0.25) is 15.9 Å². The molecule has 0 aliphatic rings. The van der Waals surface area contributed by atoms with Crippen LogP contribution in [0.25, 0.3) is 0 Å². The normalized spacial score (nSPS) is 12.4. The second-order valence-corrected chi connectivity index (χ2v) is 10.0. The van der Waals surface area contributed by atoms with Gasteiger partial charge in [-0.2, -0.15) is 0 Å². The van der Waals surface area contributed by atoms with Gasteiger partial charge in [0, 0.05) is 6.07 Å². The van der Waals surface area contributed by atoms with E-state index in [0.717, 1.165) is 33.0 Å². The first kappa shape index (κ1) is 25.5. The molecule has 0 fully saturated rings. The third-order valence-electron chi connectivity index (χ3n) is 5.19.